The van der Waals surface area contributed by atoms with Gasteiger partial charge >= 0.3 is 0 Å². The Hall–Kier alpha value is -4.39. The first-order chi connectivity index (χ1) is 16.6. The van der Waals surface area contributed by atoms with E-state index in [0.29, 0.717) is 42.2 Å². The molecule has 172 valence electrons. The third kappa shape index (κ3) is 5.69. The first-order valence-corrected chi connectivity index (χ1v) is 11.0. The second kappa shape index (κ2) is 11.0. The topological polar surface area (TPSA) is 85.3 Å². The van der Waals surface area contributed by atoms with Crippen LogP contribution in [0.1, 0.15) is 26.3 Å². The van der Waals surface area contributed by atoms with Crippen LogP contribution in [0.25, 0.3) is 11.3 Å². The summed E-state index contributed by atoms with van der Waals surface area (Å²) >= 11 is 0. The standard InChI is InChI=1S/C27H26N4O3/c1-34-23-14-12-22(13-15-23)26(32)28-16-17-29-27(33)24-19-31(18-20-8-4-2-5-9-20)30-25(24)21-10-6-3-7-11-21/h2-15,19H,16-18H2,1H3,(H,28,32)(H,29,33). The van der Waals surface area contributed by atoms with Crippen molar-refractivity contribution < 1.29 is 14.3 Å². The highest BCUT2D eigenvalue weighted by Crippen LogP contribution is 2.22. The number of hydrogen-bond donors (Lipinski definition) is 2. The lowest BCUT2D eigenvalue weighted by Crippen LogP contribution is -2.34. The van der Waals surface area contributed by atoms with Gasteiger partial charge in [-0.2, -0.15) is 5.10 Å². The van der Waals surface area contributed by atoms with Crippen molar-refractivity contribution in [1.82, 2.24) is 20.4 Å². The van der Waals surface area contributed by atoms with Crippen LogP contribution in [-0.4, -0.2) is 41.8 Å². The van der Waals surface area contributed by atoms with Gasteiger partial charge in [-0.1, -0.05) is 60.7 Å². The number of amides is 2. The molecule has 0 aliphatic heterocycles. The van der Waals surface area contributed by atoms with E-state index in [4.69, 9.17) is 4.74 Å². The Morgan fingerprint density at radius 2 is 1.44 bits per heavy atom. The van der Waals surface area contributed by atoms with Crippen LogP contribution in [0.2, 0.25) is 0 Å². The summed E-state index contributed by atoms with van der Waals surface area (Å²) in [5.41, 5.74) is 3.60. The maximum absolute atomic E-state index is 13.0. The van der Waals surface area contributed by atoms with Gasteiger partial charge in [0.15, 0.2) is 0 Å². The minimum Gasteiger partial charge on any atom is -0.497 e. The number of methoxy groups -OCH3 is 1. The first-order valence-electron chi connectivity index (χ1n) is 11.0. The zero-order valence-electron chi connectivity index (χ0n) is 18.9. The molecule has 0 bridgehead atoms. The van der Waals surface area contributed by atoms with Crippen LogP contribution in [0, 0.1) is 0 Å². The van der Waals surface area contributed by atoms with E-state index in [9.17, 15) is 9.59 Å². The average molecular weight is 455 g/mol. The van der Waals surface area contributed by atoms with Crippen LogP contribution in [0.5, 0.6) is 5.75 Å². The third-order valence-corrected chi connectivity index (χ3v) is 5.29. The highest BCUT2D eigenvalue weighted by Gasteiger charge is 2.18. The molecular weight excluding hydrogens is 428 g/mol. The van der Waals surface area contributed by atoms with Gasteiger partial charge < -0.3 is 15.4 Å². The van der Waals surface area contributed by atoms with E-state index in [1.807, 2.05) is 60.7 Å². The zero-order chi connectivity index (χ0) is 23.8. The fourth-order valence-electron chi connectivity index (χ4n) is 3.54. The number of hydrogen-bond acceptors (Lipinski definition) is 4. The second-order valence-electron chi connectivity index (χ2n) is 7.68. The Balaban J connectivity index is 1.40. The SMILES string of the molecule is COc1ccc(C(=O)NCCNC(=O)c2cn(Cc3ccccc3)nc2-c2ccccc2)cc1. The van der Waals surface area contributed by atoms with Crippen molar-refractivity contribution >= 4 is 11.8 Å². The number of rotatable bonds is 9. The van der Waals surface area contributed by atoms with E-state index in [2.05, 4.69) is 15.7 Å². The molecule has 7 heteroatoms. The van der Waals surface area contributed by atoms with Crippen molar-refractivity contribution in [2.75, 3.05) is 20.2 Å². The van der Waals surface area contributed by atoms with Crippen molar-refractivity contribution in [3.8, 4) is 17.0 Å². The van der Waals surface area contributed by atoms with Gasteiger partial charge in [0.2, 0.25) is 0 Å². The molecule has 4 aromatic rings. The number of ether oxygens (including phenoxy) is 1. The lowest BCUT2D eigenvalue weighted by molar-refractivity contribution is 0.0928. The lowest BCUT2D eigenvalue weighted by atomic mass is 10.1. The van der Waals surface area contributed by atoms with Crippen LogP contribution in [0.15, 0.2) is 91.1 Å². The molecule has 2 amide bonds. The van der Waals surface area contributed by atoms with E-state index >= 15 is 0 Å². The molecule has 1 heterocycles. The van der Waals surface area contributed by atoms with Crippen molar-refractivity contribution in [2.45, 2.75) is 6.54 Å². The summed E-state index contributed by atoms with van der Waals surface area (Å²) in [6.45, 7) is 1.15. The van der Waals surface area contributed by atoms with E-state index in [0.717, 1.165) is 11.1 Å². The maximum atomic E-state index is 13.0. The van der Waals surface area contributed by atoms with Crippen LogP contribution >= 0.6 is 0 Å². The largest absolute Gasteiger partial charge is 0.497 e. The minimum absolute atomic E-state index is 0.211. The summed E-state index contributed by atoms with van der Waals surface area (Å²) in [6.07, 6.45) is 1.76. The Bertz CT molecular complexity index is 1240. The summed E-state index contributed by atoms with van der Waals surface area (Å²) in [5.74, 6) is 0.236. The van der Waals surface area contributed by atoms with Gasteiger partial charge in [-0.15, -0.1) is 0 Å². The molecule has 7 nitrogen and oxygen atoms in total. The van der Waals surface area contributed by atoms with Crippen LogP contribution in [0.3, 0.4) is 0 Å². The molecule has 0 fully saturated rings. The molecule has 0 atom stereocenters. The smallest absolute Gasteiger partial charge is 0.255 e. The summed E-state index contributed by atoms with van der Waals surface area (Å²) in [5, 5.41) is 10.4. The van der Waals surface area contributed by atoms with E-state index in [1.165, 1.54) is 0 Å². The summed E-state index contributed by atoms with van der Waals surface area (Å²) < 4.78 is 6.88. The Labute approximate surface area is 198 Å². The monoisotopic (exact) mass is 454 g/mol. The lowest BCUT2D eigenvalue weighted by Gasteiger charge is -2.08. The number of carbonyl (C=O) groups excluding carboxylic acids is 2. The molecule has 0 aliphatic rings. The van der Waals surface area contributed by atoms with Crippen LogP contribution in [-0.2, 0) is 6.54 Å². The highest BCUT2D eigenvalue weighted by molar-refractivity contribution is 6.00. The molecule has 0 unspecified atom stereocenters. The van der Waals surface area contributed by atoms with E-state index < -0.39 is 0 Å². The number of carbonyl (C=O) groups is 2. The Kier molecular flexibility index (Phi) is 7.35. The highest BCUT2D eigenvalue weighted by atomic mass is 16.5. The maximum Gasteiger partial charge on any atom is 0.255 e. The summed E-state index contributed by atoms with van der Waals surface area (Å²) in [7, 11) is 1.58. The van der Waals surface area contributed by atoms with Crippen molar-refractivity contribution in [3.05, 3.63) is 108 Å². The van der Waals surface area contributed by atoms with E-state index in [-0.39, 0.29) is 11.8 Å². The van der Waals surface area contributed by atoms with E-state index in [1.54, 1.807) is 42.3 Å². The van der Waals surface area contributed by atoms with Gasteiger partial charge in [-0.3, -0.25) is 14.3 Å². The zero-order valence-corrected chi connectivity index (χ0v) is 18.9. The molecular formula is C27H26N4O3. The van der Waals surface area contributed by atoms with Gasteiger partial charge in [-0.05, 0) is 29.8 Å². The van der Waals surface area contributed by atoms with Crippen molar-refractivity contribution in [3.63, 3.8) is 0 Å². The Morgan fingerprint density at radius 3 is 2.09 bits per heavy atom. The molecule has 34 heavy (non-hydrogen) atoms. The van der Waals surface area contributed by atoms with Crippen LogP contribution < -0.4 is 15.4 Å². The first kappa shape index (κ1) is 22.8. The van der Waals surface area contributed by atoms with Crippen molar-refractivity contribution in [1.29, 1.82) is 0 Å². The fraction of sp³-hybridized carbons (Fsp3) is 0.148. The fourth-order valence-corrected chi connectivity index (χ4v) is 3.54. The number of nitrogens with one attached hydrogen (secondary N) is 2. The normalized spacial score (nSPS) is 10.5. The molecule has 0 spiro atoms. The molecule has 1 aromatic heterocycles. The minimum atomic E-state index is -0.239. The molecule has 4 rings (SSSR count). The van der Waals surface area contributed by atoms with Gasteiger partial charge in [0.25, 0.3) is 11.8 Å². The van der Waals surface area contributed by atoms with Gasteiger partial charge in [0, 0.05) is 30.4 Å². The predicted octanol–water partition coefficient (Wildman–Crippen LogP) is 3.77. The molecule has 0 saturated carbocycles. The molecule has 0 aliphatic carbocycles. The van der Waals surface area contributed by atoms with Gasteiger partial charge in [0.05, 0.1) is 19.2 Å². The average Bonchev–Trinajstić information content (AvgIpc) is 3.31. The third-order valence-electron chi connectivity index (χ3n) is 5.29. The summed E-state index contributed by atoms with van der Waals surface area (Å²) in [4.78, 5) is 25.3. The molecule has 3 aromatic carbocycles. The molecule has 2 N–H and O–H groups in total. The van der Waals surface area contributed by atoms with Gasteiger partial charge in [-0.25, -0.2) is 0 Å². The molecule has 0 saturated heterocycles. The molecule has 0 radical (unpaired) electrons. The Morgan fingerprint density at radius 1 is 0.824 bits per heavy atom. The predicted molar refractivity (Wildman–Crippen MR) is 131 cm³/mol. The van der Waals surface area contributed by atoms with Gasteiger partial charge in [0.1, 0.15) is 11.4 Å². The second-order valence-corrected chi connectivity index (χ2v) is 7.68. The quantitative estimate of drug-likeness (QED) is 0.377. The number of nitrogens with zero attached hydrogens (tertiary/aromatic N) is 2. The van der Waals surface area contributed by atoms with Crippen molar-refractivity contribution in [2.24, 2.45) is 0 Å². The number of aromatic nitrogens is 2. The van der Waals surface area contributed by atoms with Crippen LogP contribution in [0.4, 0.5) is 0 Å². The summed E-state index contributed by atoms with van der Waals surface area (Å²) in [6, 6.07) is 26.4. The number of benzene rings is 3.